The van der Waals surface area contributed by atoms with Gasteiger partial charge in [-0.3, -0.25) is 18.7 Å². The molecule has 0 aliphatic carbocycles. The SMILES string of the molecule is CC(C)C.CC(C)C.CCOCOCCOOCc1ccc(-c2ccc3c(c2)C(=O)n2c-3nc3ccc(COOCCOOCC(C)C(C)C)cc32)cc1.CCOCOCCOOCc1ccc2nc3n(c2c1)C(=O)c1c(-c2ccccc2)c(C(=O)OCCOCOC(C)C(C)C)c(-c2ccccc2)c(-c2ccccc2)c1-3. The van der Waals surface area contributed by atoms with E-state index in [9.17, 15) is 9.59 Å². The highest BCUT2D eigenvalue weighted by atomic mass is 17.2. The van der Waals surface area contributed by atoms with Gasteiger partial charge in [-0.25, -0.2) is 53.9 Å². The van der Waals surface area contributed by atoms with Crippen LogP contribution in [0.25, 0.3) is 89.4 Å². The first-order valence-corrected chi connectivity index (χ1v) is 38.7. The highest BCUT2D eigenvalue weighted by Crippen LogP contribution is 2.53. The van der Waals surface area contributed by atoms with Crippen LogP contribution in [0.5, 0.6) is 0 Å². The molecule has 8 aromatic carbocycles. The number of hydrogen-bond acceptors (Lipinski definition) is 20. The van der Waals surface area contributed by atoms with Gasteiger partial charge in [-0.05, 0) is 131 Å². The Labute approximate surface area is 658 Å². The molecule has 2 atom stereocenters. The number of carbonyl (C=O) groups excluding carboxylic acids is 3. The molecule has 2 unspecified atom stereocenters. The standard InChI is InChI=1S/C47H48N2O9.C35H42N2O9.2C4H10/c1-5-52-29-53-24-26-57-58-28-33-21-22-37-38(27-33)49-45(48-37)42-39(34-15-9-6-10-16-34)40(35-17-11-7-12-18-35)44(41(43(42)46(49)50)36-19-13-8-14-20-36)47(51)55-25-23-54-30-56-32(4)31(2)3;1-5-39-23-40-14-15-41-45-21-26-6-9-28(10-7-26)29-11-12-30-31(19-29)35(38)37-33-18-27(8-13-32(33)36-34(30)37)22-46-43-17-16-42-44-20-25(4)24(2)3;2*1-4(2)3/h6-22,27,31-32H,5,23-26,28-30H2,1-4H3;6-13,18-19,24-25H,5,14-17,20-23H2,1-4H3;2*4H,1-3H3. The van der Waals surface area contributed by atoms with Gasteiger partial charge in [0.15, 0.2) is 0 Å². The first-order chi connectivity index (χ1) is 54.3. The number of carbonyl (C=O) groups is 3. The zero-order valence-corrected chi connectivity index (χ0v) is 67.3. The molecule has 112 heavy (non-hydrogen) atoms. The van der Waals surface area contributed by atoms with E-state index in [2.05, 4.69) is 76.2 Å². The van der Waals surface area contributed by atoms with Crippen LogP contribution >= 0.6 is 0 Å². The Bertz CT molecular complexity index is 4550. The fourth-order valence-electron chi connectivity index (χ4n) is 11.6. The summed E-state index contributed by atoms with van der Waals surface area (Å²) in [6.07, 6.45) is 0.0206. The van der Waals surface area contributed by atoms with Gasteiger partial charge in [0.1, 0.15) is 84.9 Å². The Morgan fingerprint density at radius 2 is 0.812 bits per heavy atom. The van der Waals surface area contributed by atoms with Crippen molar-refractivity contribution in [3.05, 3.63) is 203 Å². The summed E-state index contributed by atoms with van der Waals surface area (Å²) >= 11 is 0. The topological polar surface area (TPSA) is 225 Å². The van der Waals surface area contributed by atoms with E-state index in [4.69, 9.17) is 82.2 Å². The Hall–Kier alpha value is -9.05. The van der Waals surface area contributed by atoms with Crippen LogP contribution in [0.15, 0.2) is 170 Å². The lowest BCUT2D eigenvalue weighted by molar-refractivity contribution is -0.348. The first-order valence-electron chi connectivity index (χ1n) is 38.7. The molecular formula is C90H110N4O18. The second-order valence-corrected chi connectivity index (χ2v) is 29.0. The molecule has 2 aliphatic heterocycles. The highest BCUT2D eigenvalue weighted by Gasteiger charge is 2.41. The third-order valence-corrected chi connectivity index (χ3v) is 17.9. The number of fused-ring (bicyclic) bond motifs is 10. The minimum atomic E-state index is -0.581. The van der Waals surface area contributed by atoms with Crippen molar-refractivity contribution in [3.8, 4) is 67.3 Å². The molecule has 0 radical (unpaired) electrons. The van der Waals surface area contributed by atoms with E-state index in [0.717, 1.165) is 67.4 Å². The monoisotopic (exact) mass is 1530 g/mol. The average molecular weight is 1540 g/mol. The minimum Gasteiger partial charge on any atom is -0.460 e. The van der Waals surface area contributed by atoms with E-state index in [1.807, 2.05) is 191 Å². The predicted octanol–water partition coefficient (Wildman–Crippen LogP) is 19.2. The van der Waals surface area contributed by atoms with E-state index in [-0.39, 0.29) is 90.1 Å². The van der Waals surface area contributed by atoms with Crippen LogP contribution in [0, 0.1) is 29.6 Å². The van der Waals surface area contributed by atoms with Gasteiger partial charge >= 0.3 is 5.97 Å². The molecule has 0 amide bonds. The quantitative estimate of drug-likeness (QED) is 0.0114. The number of hydrogen-bond donors (Lipinski definition) is 0. The van der Waals surface area contributed by atoms with Crippen LogP contribution < -0.4 is 0 Å². The van der Waals surface area contributed by atoms with Gasteiger partial charge in [0, 0.05) is 41.0 Å². The lowest BCUT2D eigenvalue weighted by Crippen LogP contribution is -2.19. The van der Waals surface area contributed by atoms with E-state index in [1.54, 1.807) is 9.13 Å². The van der Waals surface area contributed by atoms with Crippen molar-refractivity contribution in [2.45, 2.75) is 123 Å². The van der Waals surface area contributed by atoms with Crippen molar-refractivity contribution in [2.75, 3.05) is 93.1 Å². The Morgan fingerprint density at radius 1 is 0.375 bits per heavy atom. The molecule has 0 spiro atoms. The van der Waals surface area contributed by atoms with Gasteiger partial charge in [-0.1, -0.05) is 210 Å². The molecule has 12 rings (SSSR count). The van der Waals surface area contributed by atoms with Crippen LogP contribution in [0.2, 0.25) is 0 Å². The summed E-state index contributed by atoms with van der Waals surface area (Å²) in [6.45, 7) is 34.1. The van der Waals surface area contributed by atoms with E-state index >= 15 is 4.79 Å². The maximum Gasteiger partial charge on any atom is 0.339 e. The van der Waals surface area contributed by atoms with Gasteiger partial charge in [0.25, 0.3) is 11.8 Å². The number of aromatic nitrogens is 4. The summed E-state index contributed by atoms with van der Waals surface area (Å²) < 4.78 is 41.6. The summed E-state index contributed by atoms with van der Waals surface area (Å²) in [5.41, 5.74) is 14.0. The average Bonchev–Trinajstić information content (AvgIpc) is 1.53. The van der Waals surface area contributed by atoms with Crippen LogP contribution in [-0.4, -0.2) is 136 Å². The van der Waals surface area contributed by atoms with E-state index in [0.29, 0.717) is 126 Å². The fraction of sp³-hybridized carbons (Fsp3) is 0.411. The maximum absolute atomic E-state index is 15.2. The lowest BCUT2D eigenvalue weighted by atomic mass is 9.79. The molecule has 0 N–H and O–H groups in total. The summed E-state index contributed by atoms with van der Waals surface area (Å²) in [7, 11) is 0. The van der Waals surface area contributed by atoms with Gasteiger partial charge in [-0.15, -0.1) is 0 Å². The molecular weight excluding hydrogens is 1420 g/mol. The van der Waals surface area contributed by atoms with Crippen LogP contribution in [0.3, 0.4) is 0 Å². The smallest absolute Gasteiger partial charge is 0.339 e. The molecule has 0 saturated heterocycles. The zero-order chi connectivity index (χ0) is 79.9. The number of imidazole rings is 2. The van der Waals surface area contributed by atoms with Crippen molar-refractivity contribution in [1.29, 1.82) is 0 Å². The summed E-state index contributed by atoms with van der Waals surface area (Å²) in [4.78, 5) is 95.6. The van der Waals surface area contributed by atoms with Crippen LogP contribution in [0.1, 0.15) is 145 Å². The molecule has 4 heterocycles. The number of ether oxygens (including phenoxy) is 7. The largest absolute Gasteiger partial charge is 0.460 e. The van der Waals surface area contributed by atoms with Crippen molar-refractivity contribution in [1.82, 2.24) is 19.1 Å². The summed E-state index contributed by atoms with van der Waals surface area (Å²) in [5.74, 6) is 3.05. The van der Waals surface area contributed by atoms with Crippen molar-refractivity contribution in [2.24, 2.45) is 29.6 Å². The molecule has 22 nitrogen and oxygen atoms in total. The normalized spacial score (nSPS) is 12.6. The predicted molar refractivity (Wildman–Crippen MR) is 432 cm³/mol. The van der Waals surface area contributed by atoms with Crippen molar-refractivity contribution < 1.29 is 86.6 Å². The second kappa shape index (κ2) is 45.0. The third kappa shape index (κ3) is 24.2. The molecule has 598 valence electrons. The van der Waals surface area contributed by atoms with Gasteiger partial charge in [0.2, 0.25) is 0 Å². The summed E-state index contributed by atoms with van der Waals surface area (Å²) in [5, 5.41) is 0. The van der Waals surface area contributed by atoms with Crippen molar-refractivity contribution >= 4 is 39.9 Å². The number of benzene rings is 8. The Kier molecular flexibility index (Phi) is 34.9. The van der Waals surface area contributed by atoms with Crippen LogP contribution in [-0.2, 0) is 92.1 Å². The molecule has 10 aromatic rings. The lowest BCUT2D eigenvalue weighted by Gasteiger charge is -2.23. The first kappa shape index (κ1) is 86.9. The van der Waals surface area contributed by atoms with Gasteiger partial charge in [0.05, 0.1) is 71.3 Å². The van der Waals surface area contributed by atoms with Gasteiger partial charge < -0.3 is 33.2 Å². The number of esters is 1. The zero-order valence-electron chi connectivity index (χ0n) is 67.3. The molecule has 0 bridgehead atoms. The molecule has 22 heteroatoms. The molecule has 0 fully saturated rings. The van der Waals surface area contributed by atoms with Crippen molar-refractivity contribution in [3.63, 3.8) is 0 Å². The van der Waals surface area contributed by atoms with Crippen LogP contribution in [0.4, 0.5) is 0 Å². The third-order valence-electron chi connectivity index (χ3n) is 17.9. The molecule has 2 aliphatic rings. The fourth-order valence-corrected chi connectivity index (χ4v) is 11.6. The highest BCUT2D eigenvalue weighted by molar-refractivity contribution is 6.25. The Balaban J connectivity index is 0.000000240. The summed E-state index contributed by atoms with van der Waals surface area (Å²) in [6, 6.07) is 54.2. The maximum atomic E-state index is 15.2. The van der Waals surface area contributed by atoms with E-state index < -0.39 is 5.97 Å². The number of rotatable bonds is 40. The van der Waals surface area contributed by atoms with E-state index in [1.165, 1.54) is 0 Å². The van der Waals surface area contributed by atoms with Gasteiger partial charge in [-0.2, -0.15) is 0 Å². The number of nitrogens with zero attached hydrogens (tertiary/aromatic N) is 4. The molecule has 2 aromatic heterocycles. The molecule has 0 saturated carbocycles. The minimum absolute atomic E-state index is 0.0204. The second-order valence-electron chi connectivity index (χ2n) is 29.0. The Morgan fingerprint density at radius 3 is 1.32 bits per heavy atom.